The van der Waals surface area contributed by atoms with E-state index in [1.165, 1.54) is 6.92 Å². The zero-order valence-corrected chi connectivity index (χ0v) is 18.9. The average molecular weight is 475 g/mol. The molecule has 0 fully saturated rings. The van der Waals surface area contributed by atoms with Crippen LogP contribution in [-0.2, 0) is 28.8 Å². The average Bonchev–Trinajstić information content (AvgIpc) is 2.69. The second kappa shape index (κ2) is 14.0. The van der Waals surface area contributed by atoms with Gasteiger partial charge in [-0.05, 0) is 25.7 Å². The van der Waals surface area contributed by atoms with Gasteiger partial charge in [0, 0.05) is 12.8 Å². The molecule has 0 heterocycles. The van der Waals surface area contributed by atoms with Gasteiger partial charge in [0.15, 0.2) is 0 Å². The largest absolute Gasteiger partial charge is 0.480 e. The van der Waals surface area contributed by atoms with Gasteiger partial charge in [-0.1, -0.05) is 13.8 Å². The molecule has 0 rings (SSSR count). The molecule has 188 valence electrons. The Labute approximate surface area is 191 Å². The van der Waals surface area contributed by atoms with Crippen molar-refractivity contribution in [3.05, 3.63) is 0 Å². The number of amides is 5. The minimum absolute atomic E-state index is 0.249. The van der Waals surface area contributed by atoms with Crippen LogP contribution in [0.4, 0.5) is 0 Å². The van der Waals surface area contributed by atoms with Gasteiger partial charge in [-0.2, -0.15) is 0 Å². The van der Waals surface area contributed by atoms with Crippen molar-refractivity contribution < 1.29 is 39.0 Å². The number of primary amides is 2. The van der Waals surface area contributed by atoms with Gasteiger partial charge in [0.25, 0.3) is 0 Å². The van der Waals surface area contributed by atoms with Crippen molar-refractivity contribution >= 4 is 35.5 Å². The maximum Gasteiger partial charge on any atom is 0.326 e. The highest BCUT2D eigenvalue weighted by atomic mass is 16.4. The Balaban J connectivity index is 5.53. The predicted molar refractivity (Wildman–Crippen MR) is 115 cm³/mol. The SMILES string of the molecule is CC(C)C(NC(=O)C(N)C(C)O)C(=O)NC(CCC(N)=O)C(=O)NC(CCC(N)=O)C(=O)O. The molecule has 0 aliphatic heterocycles. The Morgan fingerprint density at radius 3 is 1.61 bits per heavy atom. The lowest BCUT2D eigenvalue weighted by atomic mass is 10.0. The highest BCUT2D eigenvalue weighted by Gasteiger charge is 2.32. The molecule has 0 aliphatic carbocycles. The maximum atomic E-state index is 12.8. The molecule has 0 radical (unpaired) electrons. The van der Waals surface area contributed by atoms with Crippen molar-refractivity contribution in [2.45, 2.75) is 76.7 Å². The summed E-state index contributed by atoms with van der Waals surface area (Å²) in [5.74, 6) is -5.95. The van der Waals surface area contributed by atoms with Crippen molar-refractivity contribution in [3.8, 4) is 0 Å². The van der Waals surface area contributed by atoms with E-state index < -0.39 is 71.7 Å². The number of rotatable bonds is 15. The van der Waals surface area contributed by atoms with Crippen LogP contribution < -0.4 is 33.2 Å². The number of aliphatic hydroxyl groups is 1. The third kappa shape index (κ3) is 11.2. The Kier molecular flexibility index (Phi) is 12.6. The Morgan fingerprint density at radius 1 is 0.758 bits per heavy atom. The molecular formula is C19H34N6O8. The summed E-state index contributed by atoms with van der Waals surface area (Å²) in [5.41, 5.74) is 15.7. The van der Waals surface area contributed by atoms with Crippen LogP contribution in [0.2, 0.25) is 0 Å². The van der Waals surface area contributed by atoms with Gasteiger partial charge in [0.1, 0.15) is 24.2 Å². The number of carbonyl (C=O) groups excluding carboxylic acids is 5. The minimum Gasteiger partial charge on any atom is -0.480 e. The number of carboxylic acids is 1. The van der Waals surface area contributed by atoms with Crippen molar-refractivity contribution in [2.24, 2.45) is 23.1 Å². The van der Waals surface area contributed by atoms with Crippen LogP contribution in [0.25, 0.3) is 0 Å². The first-order valence-electron chi connectivity index (χ1n) is 10.3. The molecule has 0 bridgehead atoms. The van der Waals surface area contributed by atoms with Gasteiger partial charge in [-0.25, -0.2) is 4.79 Å². The third-order valence-electron chi connectivity index (χ3n) is 4.68. The third-order valence-corrected chi connectivity index (χ3v) is 4.68. The summed E-state index contributed by atoms with van der Waals surface area (Å²) in [7, 11) is 0. The van der Waals surface area contributed by atoms with E-state index in [2.05, 4.69) is 16.0 Å². The number of nitrogens with one attached hydrogen (secondary N) is 3. The van der Waals surface area contributed by atoms with Crippen molar-refractivity contribution in [1.29, 1.82) is 0 Å². The molecule has 11 N–H and O–H groups in total. The molecule has 0 aromatic carbocycles. The van der Waals surface area contributed by atoms with Crippen LogP contribution in [0.15, 0.2) is 0 Å². The lowest BCUT2D eigenvalue weighted by Crippen LogP contribution is -2.59. The maximum absolute atomic E-state index is 12.8. The van der Waals surface area contributed by atoms with E-state index in [4.69, 9.17) is 17.2 Å². The summed E-state index contributed by atoms with van der Waals surface area (Å²) in [5, 5.41) is 25.7. The molecule has 5 atom stereocenters. The van der Waals surface area contributed by atoms with Crippen molar-refractivity contribution in [2.75, 3.05) is 0 Å². The zero-order valence-electron chi connectivity index (χ0n) is 18.9. The summed E-state index contributed by atoms with van der Waals surface area (Å²) in [6.45, 7) is 4.53. The van der Waals surface area contributed by atoms with E-state index in [9.17, 15) is 39.0 Å². The van der Waals surface area contributed by atoms with E-state index in [1.807, 2.05) is 0 Å². The standard InChI is InChI=1S/C19H34N6O8/c1-8(2)15(25-17(30)14(22)9(3)26)18(31)23-10(4-6-12(20)27)16(29)24-11(19(32)33)5-7-13(21)28/h8-11,14-15,26H,4-7,22H2,1-3H3,(H2,20,27)(H2,21,28)(H,23,31)(H,24,29)(H,25,30)(H,32,33). The molecule has 14 heteroatoms. The van der Waals surface area contributed by atoms with Gasteiger partial charge < -0.3 is 43.4 Å². The minimum atomic E-state index is -1.47. The molecule has 0 aromatic heterocycles. The van der Waals surface area contributed by atoms with Crippen LogP contribution in [0.1, 0.15) is 46.5 Å². The first kappa shape index (κ1) is 29.7. The summed E-state index contributed by atoms with van der Waals surface area (Å²) >= 11 is 0. The van der Waals surface area contributed by atoms with Crippen LogP contribution in [0.5, 0.6) is 0 Å². The normalized spacial score (nSPS) is 15.5. The molecule has 14 nitrogen and oxygen atoms in total. The van der Waals surface area contributed by atoms with Crippen LogP contribution in [0, 0.1) is 5.92 Å². The zero-order chi connectivity index (χ0) is 25.9. The smallest absolute Gasteiger partial charge is 0.326 e. The number of aliphatic carboxylic acids is 1. The molecule has 0 aromatic rings. The van der Waals surface area contributed by atoms with Gasteiger partial charge >= 0.3 is 5.97 Å². The van der Waals surface area contributed by atoms with Crippen molar-refractivity contribution in [3.63, 3.8) is 0 Å². The molecule has 0 spiro atoms. The second-order valence-electron chi connectivity index (χ2n) is 7.97. The molecule has 0 aliphatic rings. The van der Waals surface area contributed by atoms with E-state index in [0.29, 0.717) is 0 Å². The predicted octanol–water partition coefficient (Wildman–Crippen LogP) is -3.58. The quantitative estimate of drug-likeness (QED) is 0.116. The van der Waals surface area contributed by atoms with E-state index in [0.717, 1.165) is 0 Å². The second-order valence-corrected chi connectivity index (χ2v) is 7.97. The lowest BCUT2D eigenvalue weighted by molar-refractivity contribution is -0.143. The molecule has 0 saturated carbocycles. The van der Waals surface area contributed by atoms with Crippen LogP contribution in [-0.4, -0.2) is 76.0 Å². The van der Waals surface area contributed by atoms with Gasteiger partial charge in [0.2, 0.25) is 29.5 Å². The highest BCUT2D eigenvalue weighted by molar-refractivity contribution is 5.94. The first-order chi connectivity index (χ1) is 15.2. The number of nitrogens with two attached hydrogens (primary N) is 3. The molecule has 5 amide bonds. The number of aliphatic hydroxyl groups excluding tert-OH is 1. The summed E-state index contributed by atoms with van der Waals surface area (Å²) in [4.78, 5) is 71.1. The first-order valence-corrected chi connectivity index (χ1v) is 10.3. The molecular weight excluding hydrogens is 440 g/mol. The number of hydrogen-bond donors (Lipinski definition) is 8. The Morgan fingerprint density at radius 2 is 1.21 bits per heavy atom. The number of carboxylic acid groups (broad SMARTS) is 1. The van der Waals surface area contributed by atoms with E-state index >= 15 is 0 Å². The van der Waals surface area contributed by atoms with Gasteiger partial charge in [-0.15, -0.1) is 0 Å². The molecule has 5 unspecified atom stereocenters. The molecule has 33 heavy (non-hydrogen) atoms. The van der Waals surface area contributed by atoms with E-state index in [-0.39, 0.29) is 25.7 Å². The number of carbonyl (C=O) groups is 6. The van der Waals surface area contributed by atoms with E-state index in [1.54, 1.807) is 13.8 Å². The molecule has 0 saturated heterocycles. The fourth-order valence-electron chi connectivity index (χ4n) is 2.64. The Hall–Kier alpha value is -3.26. The van der Waals surface area contributed by atoms with Crippen molar-refractivity contribution in [1.82, 2.24) is 16.0 Å². The summed E-state index contributed by atoms with van der Waals surface area (Å²) in [6.07, 6.45) is -2.32. The monoisotopic (exact) mass is 474 g/mol. The summed E-state index contributed by atoms with van der Waals surface area (Å²) in [6, 6.07) is -5.29. The fourth-order valence-corrected chi connectivity index (χ4v) is 2.64. The Bertz CT molecular complexity index is 742. The van der Waals surface area contributed by atoms with Gasteiger partial charge in [-0.3, -0.25) is 24.0 Å². The number of hydrogen-bond acceptors (Lipinski definition) is 8. The van der Waals surface area contributed by atoms with Crippen LogP contribution >= 0.6 is 0 Å². The topological polar surface area (TPSA) is 257 Å². The van der Waals surface area contributed by atoms with Crippen LogP contribution in [0.3, 0.4) is 0 Å². The fraction of sp³-hybridized carbons (Fsp3) is 0.684. The van der Waals surface area contributed by atoms with Gasteiger partial charge in [0.05, 0.1) is 6.10 Å². The highest BCUT2D eigenvalue weighted by Crippen LogP contribution is 2.07. The lowest BCUT2D eigenvalue weighted by Gasteiger charge is -2.27. The summed E-state index contributed by atoms with van der Waals surface area (Å²) < 4.78 is 0.